The highest BCUT2D eigenvalue weighted by Gasteiger charge is 2.08. The standard InChI is InChI=1S/C7H13N3O/c1-10-4-3-9-7(10)6(8)2-5-11/h3-4,6,11H,2,5,8H2,1H3/t6-/m0/s1. The summed E-state index contributed by atoms with van der Waals surface area (Å²) in [4.78, 5) is 4.06. The van der Waals surface area contributed by atoms with Crippen LogP contribution in [-0.4, -0.2) is 21.3 Å². The summed E-state index contributed by atoms with van der Waals surface area (Å²) in [5, 5.41) is 8.61. The van der Waals surface area contributed by atoms with Crippen molar-refractivity contribution in [3.05, 3.63) is 18.2 Å². The van der Waals surface area contributed by atoms with Crippen LogP contribution in [0.2, 0.25) is 0 Å². The predicted molar refractivity (Wildman–Crippen MR) is 41.8 cm³/mol. The van der Waals surface area contributed by atoms with Gasteiger partial charge in [0.15, 0.2) is 0 Å². The fraction of sp³-hybridized carbons (Fsp3) is 0.571. The Morgan fingerprint density at radius 3 is 3.00 bits per heavy atom. The zero-order chi connectivity index (χ0) is 8.27. The maximum absolute atomic E-state index is 8.61. The summed E-state index contributed by atoms with van der Waals surface area (Å²) in [5.74, 6) is 0.819. The van der Waals surface area contributed by atoms with Gasteiger partial charge >= 0.3 is 0 Å². The fourth-order valence-electron chi connectivity index (χ4n) is 1.00. The van der Waals surface area contributed by atoms with E-state index in [1.165, 1.54) is 0 Å². The molecule has 0 fully saturated rings. The molecule has 1 heterocycles. The molecule has 11 heavy (non-hydrogen) atoms. The first-order valence-electron chi connectivity index (χ1n) is 3.59. The van der Waals surface area contributed by atoms with E-state index in [2.05, 4.69) is 4.98 Å². The van der Waals surface area contributed by atoms with E-state index in [1.54, 1.807) is 6.20 Å². The Labute approximate surface area is 65.7 Å². The molecular formula is C7H13N3O. The third kappa shape index (κ3) is 1.78. The van der Waals surface area contributed by atoms with Crippen LogP contribution in [0.25, 0.3) is 0 Å². The highest BCUT2D eigenvalue weighted by Crippen LogP contribution is 2.09. The molecule has 1 aromatic heterocycles. The van der Waals surface area contributed by atoms with Crippen molar-refractivity contribution in [2.24, 2.45) is 12.8 Å². The monoisotopic (exact) mass is 155 g/mol. The SMILES string of the molecule is Cn1ccnc1[C@@H](N)CCO. The zero-order valence-electron chi connectivity index (χ0n) is 6.57. The summed E-state index contributed by atoms with van der Waals surface area (Å²) in [6.45, 7) is 0.105. The normalized spacial score (nSPS) is 13.4. The second-order valence-electron chi connectivity index (χ2n) is 2.52. The number of aliphatic hydroxyl groups excluding tert-OH is 1. The van der Waals surface area contributed by atoms with Crippen molar-refractivity contribution in [2.45, 2.75) is 12.5 Å². The van der Waals surface area contributed by atoms with Crippen LogP contribution < -0.4 is 5.73 Å². The lowest BCUT2D eigenvalue weighted by molar-refractivity contribution is 0.274. The average Bonchev–Trinajstić information content (AvgIpc) is 2.36. The lowest BCUT2D eigenvalue weighted by atomic mass is 10.2. The third-order valence-electron chi connectivity index (χ3n) is 1.63. The van der Waals surface area contributed by atoms with E-state index in [0.717, 1.165) is 5.82 Å². The molecule has 0 spiro atoms. The number of hydrogen-bond acceptors (Lipinski definition) is 3. The molecule has 3 N–H and O–H groups in total. The first-order valence-corrected chi connectivity index (χ1v) is 3.59. The molecule has 0 radical (unpaired) electrons. The van der Waals surface area contributed by atoms with Gasteiger partial charge in [0.1, 0.15) is 5.82 Å². The van der Waals surface area contributed by atoms with Crippen LogP contribution in [0.5, 0.6) is 0 Å². The predicted octanol–water partition coefficient (Wildman–Crippen LogP) is -0.198. The van der Waals surface area contributed by atoms with Crippen LogP contribution in [0.3, 0.4) is 0 Å². The zero-order valence-corrected chi connectivity index (χ0v) is 6.57. The lowest BCUT2D eigenvalue weighted by Crippen LogP contribution is -2.16. The maximum atomic E-state index is 8.61. The largest absolute Gasteiger partial charge is 0.396 e. The minimum Gasteiger partial charge on any atom is -0.396 e. The summed E-state index contributed by atoms with van der Waals surface area (Å²) < 4.78 is 1.86. The lowest BCUT2D eigenvalue weighted by Gasteiger charge is -2.08. The highest BCUT2D eigenvalue weighted by molar-refractivity contribution is 4.97. The molecule has 0 aliphatic rings. The number of imidazole rings is 1. The molecule has 0 saturated carbocycles. The molecule has 4 nitrogen and oxygen atoms in total. The van der Waals surface area contributed by atoms with E-state index in [1.807, 2.05) is 17.8 Å². The van der Waals surface area contributed by atoms with Crippen molar-refractivity contribution in [3.63, 3.8) is 0 Å². The first-order chi connectivity index (χ1) is 5.25. The Balaban J connectivity index is 2.67. The minimum atomic E-state index is -0.153. The Hall–Kier alpha value is -0.870. The van der Waals surface area contributed by atoms with E-state index in [4.69, 9.17) is 10.8 Å². The van der Waals surface area contributed by atoms with E-state index >= 15 is 0 Å². The van der Waals surface area contributed by atoms with Gasteiger partial charge in [0.2, 0.25) is 0 Å². The molecule has 0 aromatic carbocycles. The maximum Gasteiger partial charge on any atom is 0.125 e. The van der Waals surface area contributed by atoms with Crippen LogP contribution in [-0.2, 0) is 7.05 Å². The van der Waals surface area contributed by atoms with Crippen molar-refractivity contribution < 1.29 is 5.11 Å². The van der Waals surface area contributed by atoms with Gasteiger partial charge in [-0.1, -0.05) is 0 Å². The molecule has 1 aromatic rings. The van der Waals surface area contributed by atoms with Crippen molar-refractivity contribution in [2.75, 3.05) is 6.61 Å². The summed E-state index contributed by atoms with van der Waals surface area (Å²) in [6.07, 6.45) is 4.10. The van der Waals surface area contributed by atoms with Gasteiger partial charge in [-0.25, -0.2) is 4.98 Å². The molecule has 0 aliphatic heterocycles. The number of rotatable bonds is 3. The Morgan fingerprint density at radius 2 is 2.55 bits per heavy atom. The van der Waals surface area contributed by atoms with E-state index < -0.39 is 0 Å². The summed E-state index contributed by atoms with van der Waals surface area (Å²) >= 11 is 0. The number of nitrogens with zero attached hydrogens (tertiary/aromatic N) is 2. The molecule has 0 saturated heterocycles. The van der Waals surface area contributed by atoms with E-state index in [-0.39, 0.29) is 12.6 Å². The third-order valence-corrected chi connectivity index (χ3v) is 1.63. The van der Waals surface area contributed by atoms with Crippen molar-refractivity contribution in [1.82, 2.24) is 9.55 Å². The highest BCUT2D eigenvalue weighted by atomic mass is 16.3. The van der Waals surface area contributed by atoms with Gasteiger partial charge < -0.3 is 15.4 Å². The van der Waals surface area contributed by atoms with Crippen molar-refractivity contribution >= 4 is 0 Å². The van der Waals surface area contributed by atoms with Gasteiger partial charge in [-0.2, -0.15) is 0 Å². The van der Waals surface area contributed by atoms with Gasteiger partial charge in [0, 0.05) is 26.0 Å². The summed E-state index contributed by atoms with van der Waals surface area (Å²) in [6, 6.07) is -0.153. The molecule has 0 amide bonds. The van der Waals surface area contributed by atoms with Gasteiger partial charge in [0.05, 0.1) is 6.04 Å². The van der Waals surface area contributed by atoms with Gasteiger partial charge in [-0.15, -0.1) is 0 Å². The Kier molecular flexibility index (Phi) is 2.62. The molecule has 1 rings (SSSR count). The second kappa shape index (κ2) is 3.50. The van der Waals surface area contributed by atoms with E-state index in [0.29, 0.717) is 6.42 Å². The molecule has 1 atom stereocenters. The van der Waals surface area contributed by atoms with Crippen LogP contribution in [0.1, 0.15) is 18.3 Å². The molecule has 4 heteroatoms. The van der Waals surface area contributed by atoms with Crippen molar-refractivity contribution in [3.8, 4) is 0 Å². The second-order valence-corrected chi connectivity index (χ2v) is 2.52. The topological polar surface area (TPSA) is 64.1 Å². The number of aryl methyl sites for hydroxylation is 1. The Bertz CT molecular complexity index is 221. The molecule has 0 bridgehead atoms. The number of hydrogen-bond donors (Lipinski definition) is 2. The van der Waals surface area contributed by atoms with Crippen LogP contribution in [0, 0.1) is 0 Å². The summed E-state index contributed by atoms with van der Waals surface area (Å²) in [5.41, 5.74) is 5.71. The summed E-state index contributed by atoms with van der Waals surface area (Å²) in [7, 11) is 1.89. The minimum absolute atomic E-state index is 0.105. The number of nitrogens with two attached hydrogens (primary N) is 1. The van der Waals surface area contributed by atoms with Gasteiger partial charge in [0.25, 0.3) is 0 Å². The smallest absolute Gasteiger partial charge is 0.125 e. The molecule has 0 unspecified atom stereocenters. The van der Waals surface area contributed by atoms with Gasteiger partial charge in [-0.05, 0) is 6.42 Å². The average molecular weight is 155 g/mol. The van der Waals surface area contributed by atoms with Crippen LogP contribution in [0.4, 0.5) is 0 Å². The quantitative estimate of drug-likeness (QED) is 0.635. The number of aliphatic hydroxyl groups is 1. The van der Waals surface area contributed by atoms with Crippen LogP contribution >= 0.6 is 0 Å². The Morgan fingerprint density at radius 1 is 1.82 bits per heavy atom. The van der Waals surface area contributed by atoms with E-state index in [9.17, 15) is 0 Å². The number of aromatic nitrogens is 2. The molecule has 0 aliphatic carbocycles. The molecular weight excluding hydrogens is 142 g/mol. The fourth-order valence-corrected chi connectivity index (χ4v) is 1.00. The van der Waals surface area contributed by atoms with Crippen molar-refractivity contribution in [1.29, 1.82) is 0 Å². The van der Waals surface area contributed by atoms with Crippen LogP contribution in [0.15, 0.2) is 12.4 Å². The van der Waals surface area contributed by atoms with Gasteiger partial charge in [-0.3, -0.25) is 0 Å². The first kappa shape index (κ1) is 8.23. The molecule has 62 valence electrons.